The summed E-state index contributed by atoms with van der Waals surface area (Å²) in [4.78, 5) is 34.0. The number of nitro groups is 1. The molecule has 28 heavy (non-hydrogen) atoms. The van der Waals surface area contributed by atoms with Gasteiger partial charge in [-0.2, -0.15) is 0 Å². The Bertz CT molecular complexity index is 932. The highest BCUT2D eigenvalue weighted by atomic mass is 35.5. The lowest BCUT2D eigenvalue weighted by molar-refractivity contribution is -0.384. The summed E-state index contributed by atoms with van der Waals surface area (Å²) in [5.74, 6) is -0.371. The smallest absolute Gasteiger partial charge is 0.325 e. The SMILES string of the molecule is O=C(CNC(=O)c1cccc([N+](=O)[O-])c1)OCc1cc(Cl)c2c(c1)OCCO2. The Labute approximate surface area is 164 Å². The van der Waals surface area contributed by atoms with Crippen LogP contribution < -0.4 is 14.8 Å². The summed E-state index contributed by atoms with van der Waals surface area (Å²) in [5.41, 5.74) is 0.457. The van der Waals surface area contributed by atoms with Gasteiger partial charge in [0.2, 0.25) is 0 Å². The first-order valence-electron chi connectivity index (χ1n) is 8.20. The van der Waals surface area contributed by atoms with Crippen LogP contribution in [0.1, 0.15) is 15.9 Å². The summed E-state index contributed by atoms with van der Waals surface area (Å²) < 4.78 is 16.0. The number of nitrogens with zero attached hydrogens (tertiary/aromatic N) is 1. The second kappa shape index (κ2) is 8.57. The van der Waals surface area contributed by atoms with Crippen LogP contribution in [0.4, 0.5) is 5.69 Å². The van der Waals surface area contributed by atoms with Crippen LogP contribution in [0.5, 0.6) is 11.5 Å². The third kappa shape index (κ3) is 4.68. The zero-order valence-electron chi connectivity index (χ0n) is 14.5. The average molecular weight is 407 g/mol. The van der Waals surface area contributed by atoms with Gasteiger partial charge in [-0.3, -0.25) is 19.7 Å². The second-order valence-electron chi connectivity index (χ2n) is 5.75. The van der Waals surface area contributed by atoms with E-state index in [1.54, 1.807) is 12.1 Å². The topological polar surface area (TPSA) is 117 Å². The zero-order chi connectivity index (χ0) is 20.1. The summed E-state index contributed by atoms with van der Waals surface area (Å²) in [6.07, 6.45) is 0. The number of rotatable bonds is 6. The standard InChI is InChI=1S/C18H15ClN2O7/c19-14-6-11(7-15-17(14)27-5-4-26-15)10-28-16(22)9-20-18(23)12-2-1-3-13(8-12)21(24)25/h1-3,6-8H,4-5,9-10H2,(H,20,23). The average Bonchev–Trinajstić information content (AvgIpc) is 2.70. The monoisotopic (exact) mass is 406 g/mol. The van der Waals surface area contributed by atoms with E-state index in [0.717, 1.165) is 6.07 Å². The molecule has 0 unspecified atom stereocenters. The highest BCUT2D eigenvalue weighted by Gasteiger charge is 2.17. The van der Waals surface area contributed by atoms with Crippen molar-refractivity contribution in [2.75, 3.05) is 19.8 Å². The van der Waals surface area contributed by atoms with Crippen LogP contribution in [0.15, 0.2) is 36.4 Å². The number of hydrogen-bond donors (Lipinski definition) is 1. The number of carbonyl (C=O) groups is 2. The lowest BCUT2D eigenvalue weighted by atomic mass is 10.2. The molecule has 1 N–H and O–H groups in total. The third-order valence-corrected chi connectivity index (χ3v) is 4.05. The Kier molecular flexibility index (Phi) is 5.95. The molecule has 10 heteroatoms. The van der Waals surface area contributed by atoms with Crippen molar-refractivity contribution in [3.05, 3.63) is 62.7 Å². The van der Waals surface area contributed by atoms with Crippen LogP contribution in [0.3, 0.4) is 0 Å². The van der Waals surface area contributed by atoms with E-state index in [1.807, 2.05) is 0 Å². The van der Waals surface area contributed by atoms with Gasteiger partial charge < -0.3 is 19.5 Å². The van der Waals surface area contributed by atoms with Gasteiger partial charge in [0.05, 0.1) is 9.95 Å². The van der Waals surface area contributed by atoms with Crippen molar-refractivity contribution in [3.63, 3.8) is 0 Å². The lowest BCUT2D eigenvalue weighted by Crippen LogP contribution is -2.30. The molecule has 0 atom stereocenters. The van der Waals surface area contributed by atoms with E-state index in [0.29, 0.717) is 35.3 Å². The quantitative estimate of drug-likeness (QED) is 0.445. The minimum Gasteiger partial charge on any atom is -0.486 e. The number of esters is 1. The number of benzene rings is 2. The van der Waals surface area contributed by atoms with Gasteiger partial charge in [-0.15, -0.1) is 0 Å². The molecule has 2 aromatic rings. The fraction of sp³-hybridized carbons (Fsp3) is 0.222. The van der Waals surface area contributed by atoms with E-state index in [2.05, 4.69) is 5.32 Å². The van der Waals surface area contributed by atoms with Gasteiger partial charge in [0.15, 0.2) is 11.5 Å². The van der Waals surface area contributed by atoms with Crippen molar-refractivity contribution >= 4 is 29.2 Å². The number of nitrogens with one attached hydrogen (secondary N) is 1. The fourth-order valence-corrected chi connectivity index (χ4v) is 2.77. The Morgan fingerprint density at radius 3 is 2.79 bits per heavy atom. The number of amides is 1. The molecule has 0 aromatic heterocycles. The summed E-state index contributed by atoms with van der Waals surface area (Å²) in [7, 11) is 0. The molecule has 0 saturated carbocycles. The predicted molar refractivity (Wildman–Crippen MR) is 97.7 cm³/mol. The van der Waals surface area contributed by atoms with E-state index in [4.69, 9.17) is 25.8 Å². The first kappa shape index (κ1) is 19.4. The van der Waals surface area contributed by atoms with E-state index >= 15 is 0 Å². The van der Waals surface area contributed by atoms with Crippen molar-refractivity contribution in [2.24, 2.45) is 0 Å². The van der Waals surface area contributed by atoms with Crippen LogP contribution in [-0.4, -0.2) is 36.6 Å². The van der Waals surface area contributed by atoms with Gasteiger partial charge in [0, 0.05) is 17.7 Å². The molecule has 146 valence electrons. The van der Waals surface area contributed by atoms with Crippen LogP contribution in [0, 0.1) is 10.1 Å². The summed E-state index contributed by atoms with van der Waals surface area (Å²) >= 11 is 6.12. The van der Waals surface area contributed by atoms with Crippen LogP contribution in [0.2, 0.25) is 5.02 Å². The number of halogens is 1. The summed E-state index contributed by atoms with van der Waals surface area (Å²) in [5, 5.41) is 13.5. The van der Waals surface area contributed by atoms with E-state index < -0.39 is 16.8 Å². The molecule has 1 amide bonds. The predicted octanol–water partition coefficient (Wildman–Crippen LogP) is 2.49. The Morgan fingerprint density at radius 1 is 1.21 bits per heavy atom. The summed E-state index contributed by atoms with van der Waals surface area (Å²) in [6.45, 7) is 0.350. The van der Waals surface area contributed by atoms with E-state index in [1.165, 1.54) is 18.2 Å². The van der Waals surface area contributed by atoms with Gasteiger partial charge in [-0.25, -0.2) is 0 Å². The molecule has 0 radical (unpaired) electrons. The second-order valence-corrected chi connectivity index (χ2v) is 6.16. The van der Waals surface area contributed by atoms with Crippen molar-refractivity contribution < 1.29 is 28.7 Å². The maximum atomic E-state index is 12.0. The molecular weight excluding hydrogens is 392 g/mol. The third-order valence-electron chi connectivity index (χ3n) is 3.77. The molecule has 1 aliphatic rings. The Balaban J connectivity index is 1.52. The maximum Gasteiger partial charge on any atom is 0.325 e. The van der Waals surface area contributed by atoms with Gasteiger partial charge in [-0.1, -0.05) is 17.7 Å². The minimum atomic E-state index is -0.676. The molecule has 0 fully saturated rings. The van der Waals surface area contributed by atoms with Crippen LogP contribution in [-0.2, 0) is 16.1 Å². The number of fused-ring (bicyclic) bond motifs is 1. The molecule has 1 aliphatic heterocycles. The number of carbonyl (C=O) groups excluding carboxylic acids is 2. The van der Waals surface area contributed by atoms with Gasteiger partial charge >= 0.3 is 5.97 Å². The molecule has 2 aromatic carbocycles. The zero-order valence-corrected chi connectivity index (χ0v) is 15.2. The molecule has 0 saturated heterocycles. The molecule has 9 nitrogen and oxygen atoms in total. The maximum absolute atomic E-state index is 12.0. The summed E-state index contributed by atoms with van der Waals surface area (Å²) in [6, 6.07) is 8.45. The Hall–Kier alpha value is -3.33. The molecule has 1 heterocycles. The number of ether oxygens (including phenoxy) is 3. The number of nitro benzene ring substituents is 1. The van der Waals surface area contributed by atoms with Crippen molar-refractivity contribution in [1.29, 1.82) is 0 Å². The van der Waals surface area contributed by atoms with Crippen molar-refractivity contribution in [2.45, 2.75) is 6.61 Å². The molecule has 3 rings (SSSR count). The van der Waals surface area contributed by atoms with Crippen molar-refractivity contribution in [1.82, 2.24) is 5.32 Å². The largest absolute Gasteiger partial charge is 0.486 e. The van der Waals surface area contributed by atoms with Gasteiger partial charge in [0.1, 0.15) is 26.4 Å². The normalized spacial score (nSPS) is 12.2. The molecule has 0 bridgehead atoms. The fourth-order valence-electron chi connectivity index (χ4n) is 2.48. The highest BCUT2D eigenvalue weighted by Crippen LogP contribution is 2.38. The van der Waals surface area contributed by atoms with Gasteiger partial charge in [-0.05, 0) is 23.8 Å². The van der Waals surface area contributed by atoms with Crippen molar-refractivity contribution in [3.8, 4) is 11.5 Å². The van der Waals surface area contributed by atoms with Crippen LogP contribution in [0.25, 0.3) is 0 Å². The minimum absolute atomic E-state index is 0.0676. The lowest BCUT2D eigenvalue weighted by Gasteiger charge is -2.20. The Morgan fingerprint density at radius 2 is 2.00 bits per heavy atom. The molecule has 0 aliphatic carbocycles. The highest BCUT2D eigenvalue weighted by molar-refractivity contribution is 6.32. The first-order valence-corrected chi connectivity index (χ1v) is 8.58. The first-order chi connectivity index (χ1) is 13.4. The number of non-ortho nitro benzene ring substituents is 1. The molecular formula is C18H15ClN2O7. The van der Waals surface area contributed by atoms with Gasteiger partial charge in [0.25, 0.3) is 11.6 Å². The van der Waals surface area contributed by atoms with E-state index in [-0.39, 0.29) is 24.4 Å². The molecule has 0 spiro atoms. The van der Waals surface area contributed by atoms with E-state index in [9.17, 15) is 19.7 Å². The van der Waals surface area contributed by atoms with Crippen LogP contribution >= 0.6 is 11.6 Å². The number of hydrogen-bond acceptors (Lipinski definition) is 7.